The van der Waals surface area contributed by atoms with Crippen LogP contribution in [-0.4, -0.2) is 19.1 Å². The summed E-state index contributed by atoms with van der Waals surface area (Å²) in [5, 5.41) is 6.10. The monoisotopic (exact) mass is 338 g/mol. The van der Waals surface area contributed by atoms with Crippen LogP contribution in [0.4, 0.5) is 5.69 Å². The summed E-state index contributed by atoms with van der Waals surface area (Å²) >= 11 is 3.54. The van der Waals surface area contributed by atoms with Crippen LogP contribution in [0.15, 0.2) is 16.6 Å². The third kappa shape index (κ3) is 2.83. The normalized spacial score (nSPS) is 20.7. The van der Waals surface area contributed by atoms with Gasteiger partial charge in [0.2, 0.25) is 5.91 Å². The van der Waals surface area contributed by atoms with Gasteiger partial charge in [0.05, 0.1) is 11.1 Å². The Morgan fingerprint density at radius 1 is 1.45 bits per heavy atom. The molecular weight excluding hydrogens is 320 g/mol. The third-order valence-electron chi connectivity index (χ3n) is 3.82. The van der Waals surface area contributed by atoms with Crippen molar-refractivity contribution in [3.8, 4) is 5.75 Å². The largest absolute Gasteiger partial charge is 0.492 e. The molecule has 1 saturated carbocycles. The van der Waals surface area contributed by atoms with Crippen molar-refractivity contribution < 1.29 is 9.53 Å². The Morgan fingerprint density at radius 3 is 2.95 bits per heavy atom. The van der Waals surface area contributed by atoms with E-state index in [9.17, 15) is 4.79 Å². The summed E-state index contributed by atoms with van der Waals surface area (Å²) in [6.45, 7) is 3.50. The van der Waals surface area contributed by atoms with E-state index in [1.54, 1.807) is 0 Å². The standard InChI is InChI=1S/C15H19BrN2O2/c1-2-17-14-10-7-11(16)13(8-12(10)18-15(14)19)20-6-5-9-3-4-9/h7-9,14,17H,2-6H2,1H3,(H,18,19). The molecule has 0 saturated heterocycles. The fraction of sp³-hybridized carbons (Fsp3) is 0.533. The Labute approximate surface area is 127 Å². The van der Waals surface area contributed by atoms with E-state index in [0.717, 1.165) is 47.0 Å². The molecule has 1 aromatic carbocycles. The van der Waals surface area contributed by atoms with Crippen LogP contribution in [0.3, 0.4) is 0 Å². The summed E-state index contributed by atoms with van der Waals surface area (Å²) in [6, 6.07) is 3.64. The number of hydrogen-bond donors (Lipinski definition) is 2. The average molecular weight is 339 g/mol. The van der Waals surface area contributed by atoms with Crippen molar-refractivity contribution in [2.24, 2.45) is 5.92 Å². The smallest absolute Gasteiger partial charge is 0.246 e. The molecule has 4 nitrogen and oxygen atoms in total. The first kappa shape index (κ1) is 13.9. The Hall–Kier alpha value is -1.07. The highest BCUT2D eigenvalue weighted by Gasteiger charge is 2.31. The summed E-state index contributed by atoms with van der Waals surface area (Å²) in [7, 11) is 0. The fourth-order valence-corrected chi connectivity index (χ4v) is 3.00. The molecule has 1 aromatic rings. The second-order valence-corrected chi connectivity index (χ2v) is 6.28. The predicted octanol–water partition coefficient (Wildman–Crippen LogP) is 3.23. The molecule has 5 heteroatoms. The van der Waals surface area contributed by atoms with E-state index in [0.29, 0.717) is 0 Å². The van der Waals surface area contributed by atoms with Crippen LogP contribution in [0.5, 0.6) is 5.75 Å². The van der Waals surface area contributed by atoms with Gasteiger partial charge in [0.1, 0.15) is 11.8 Å². The molecule has 1 amide bonds. The average Bonchev–Trinajstić information content (AvgIpc) is 3.18. The van der Waals surface area contributed by atoms with Crippen molar-refractivity contribution in [3.05, 3.63) is 22.2 Å². The van der Waals surface area contributed by atoms with Crippen LogP contribution < -0.4 is 15.4 Å². The number of ether oxygens (including phenoxy) is 1. The Morgan fingerprint density at radius 2 is 2.25 bits per heavy atom. The van der Waals surface area contributed by atoms with E-state index in [4.69, 9.17) is 4.74 Å². The van der Waals surface area contributed by atoms with Gasteiger partial charge in [-0.1, -0.05) is 19.8 Å². The van der Waals surface area contributed by atoms with Crippen LogP contribution in [0.1, 0.15) is 37.8 Å². The van der Waals surface area contributed by atoms with Gasteiger partial charge in [-0.25, -0.2) is 0 Å². The number of halogens is 1. The number of anilines is 1. The van der Waals surface area contributed by atoms with Crippen molar-refractivity contribution in [3.63, 3.8) is 0 Å². The second-order valence-electron chi connectivity index (χ2n) is 5.43. The summed E-state index contributed by atoms with van der Waals surface area (Å²) in [5.41, 5.74) is 1.84. The third-order valence-corrected chi connectivity index (χ3v) is 4.44. The number of likely N-dealkylation sites (N-methyl/N-ethyl adjacent to an activating group) is 1. The maximum Gasteiger partial charge on any atom is 0.246 e. The lowest BCUT2D eigenvalue weighted by atomic mass is 10.1. The molecule has 2 N–H and O–H groups in total. The molecule has 1 heterocycles. The van der Waals surface area contributed by atoms with Gasteiger partial charge in [0.15, 0.2) is 0 Å². The zero-order valence-corrected chi connectivity index (χ0v) is 13.1. The number of nitrogens with one attached hydrogen (secondary N) is 2. The fourth-order valence-electron chi connectivity index (χ4n) is 2.52. The zero-order chi connectivity index (χ0) is 14.1. The SMILES string of the molecule is CCNC1C(=O)Nc2cc(OCCC3CC3)c(Br)cc21. The summed E-state index contributed by atoms with van der Waals surface area (Å²) in [4.78, 5) is 11.9. The van der Waals surface area contributed by atoms with Gasteiger partial charge in [-0.05, 0) is 40.9 Å². The van der Waals surface area contributed by atoms with Crippen LogP contribution in [0, 0.1) is 5.92 Å². The molecule has 1 atom stereocenters. The van der Waals surface area contributed by atoms with E-state index >= 15 is 0 Å². The highest BCUT2D eigenvalue weighted by atomic mass is 79.9. The molecule has 0 bridgehead atoms. The maximum absolute atomic E-state index is 11.9. The molecule has 1 fully saturated rings. The molecule has 1 aliphatic carbocycles. The zero-order valence-electron chi connectivity index (χ0n) is 11.5. The molecule has 3 rings (SSSR count). The first-order valence-corrected chi connectivity index (χ1v) is 7.99. The second kappa shape index (κ2) is 5.74. The van der Waals surface area contributed by atoms with E-state index in [2.05, 4.69) is 26.6 Å². The van der Waals surface area contributed by atoms with Gasteiger partial charge in [0.25, 0.3) is 0 Å². The number of carbonyl (C=O) groups is 1. The molecule has 1 aliphatic heterocycles. The first-order valence-electron chi connectivity index (χ1n) is 7.19. The highest BCUT2D eigenvalue weighted by Crippen LogP contribution is 2.39. The number of carbonyl (C=O) groups excluding carboxylic acids is 1. The van der Waals surface area contributed by atoms with Crippen molar-refractivity contribution >= 4 is 27.5 Å². The lowest BCUT2D eigenvalue weighted by molar-refractivity contribution is -0.117. The molecule has 2 aliphatic rings. The van der Waals surface area contributed by atoms with Gasteiger partial charge < -0.3 is 15.4 Å². The lowest BCUT2D eigenvalue weighted by Crippen LogP contribution is -2.27. The molecule has 108 valence electrons. The van der Waals surface area contributed by atoms with Gasteiger partial charge in [-0.2, -0.15) is 0 Å². The van der Waals surface area contributed by atoms with Gasteiger partial charge in [0, 0.05) is 17.3 Å². The highest BCUT2D eigenvalue weighted by molar-refractivity contribution is 9.10. The molecule has 20 heavy (non-hydrogen) atoms. The molecular formula is C15H19BrN2O2. The number of rotatable bonds is 6. The molecule has 0 spiro atoms. The summed E-state index contributed by atoms with van der Waals surface area (Å²) < 4.78 is 6.73. The van der Waals surface area contributed by atoms with Crippen LogP contribution >= 0.6 is 15.9 Å². The van der Waals surface area contributed by atoms with E-state index in [1.165, 1.54) is 12.8 Å². The van der Waals surface area contributed by atoms with Crippen LogP contribution in [0.2, 0.25) is 0 Å². The quantitative estimate of drug-likeness (QED) is 0.837. The van der Waals surface area contributed by atoms with Crippen molar-refractivity contribution in [1.29, 1.82) is 0 Å². The van der Waals surface area contributed by atoms with Gasteiger partial charge >= 0.3 is 0 Å². The summed E-state index contributed by atoms with van der Waals surface area (Å²) in [5.74, 6) is 1.67. The predicted molar refractivity (Wildman–Crippen MR) is 82.0 cm³/mol. The minimum Gasteiger partial charge on any atom is -0.492 e. The summed E-state index contributed by atoms with van der Waals surface area (Å²) in [6.07, 6.45) is 3.81. The van der Waals surface area contributed by atoms with E-state index in [-0.39, 0.29) is 11.9 Å². The number of amides is 1. The number of fused-ring (bicyclic) bond motifs is 1. The number of hydrogen-bond acceptors (Lipinski definition) is 3. The molecule has 0 radical (unpaired) electrons. The Balaban J connectivity index is 1.74. The van der Waals surface area contributed by atoms with Crippen molar-refractivity contribution in [2.45, 2.75) is 32.2 Å². The van der Waals surface area contributed by atoms with E-state index in [1.807, 2.05) is 19.1 Å². The minimum atomic E-state index is -0.258. The Kier molecular flexibility index (Phi) is 3.98. The van der Waals surface area contributed by atoms with Crippen molar-refractivity contribution in [2.75, 3.05) is 18.5 Å². The van der Waals surface area contributed by atoms with E-state index < -0.39 is 0 Å². The van der Waals surface area contributed by atoms with Gasteiger partial charge in [-0.3, -0.25) is 4.79 Å². The lowest BCUT2D eigenvalue weighted by Gasteiger charge is -2.12. The van der Waals surface area contributed by atoms with Crippen LogP contribution in [-0.2, 0) is 4.79 Å². The maximum atomic E-state index is 11.9. The first-order chi connectivity index (χ1) is 9.69. The molecule has 0 aromatic heterocycles. The minimum absolute atomic E-state index is 0.00359. The van der Waals surface area contributed by atoms with Crippen molar-refractivity contribution in [1.82, 2.24) is 5.32 Å². The topological polar surface area (TPSA) is 50.4 Å². The van der Waals surface area contributed by atoms with Crippen LogP contribution in [0.25, 0.3) is 0 Å². The molecule has 1 unspecified atom stereocenters. The van der Waals surface area contributed by atoms with Gasteiger partial charge in [-0.15, -0.1) is 0 Å². The Bertz CT molecular complexity index is 529. The number of benzene rings is 1.